The van der Waals surface area contributed by atoms with E-state index in [1.807, 2.05) is 6.07 Å². The first-order valence-corrected chi connectivity index (χ1v) is 9.16. The van der Waals surface area contributed by atoms with Gasteiger partial charge in [-0.2, -0.15) is 5.26 Å². The van der Waals surface area contributed by atoms with Gasteiger partial charge in [0.25, 0.3) is 0 Å². The molecule has 0 bridgehead atoms. The van der Waals surface area contributed by atoms with Crippen molar-refractivity contribution in [1.29, 1.82) is 5.26 Å². The summed E-state index contributed by atoms with van der Waals surface area (Å²) in [5.74, 6) is 0.384. The van der Waals surface area contributed by atoms with Gasteiger partial charge in [-0.1, -0.05) is 11.6 Å². The minimum Gasteiger partial charge on any atom is -0.457 e. The van der Waals surface area contributed by atoms with E-state index >= 15 is 0 Å². The molecule has 0 saturated heterocycles. The molecule has 1 aromatic heterocycles. The lowest BCUT2D eigenvalue weighted by Crippen LogP contribution is -2.25. The van der Waals surface area contributed by atoms with Gasteiger partial charge >= 0.3 is 12.4 Å². The van der Waals surface area contributed by atoms with Crippen LogP contribution in [-0.4, -0.2) is 17.4 Å². The first kappa shape index (κ1) is 21.0. The summed E-state index contributed by atoms with van der Waals surface area (Å²) in [6.07, 6.45) is -3.26. The second kappa shape index (κ2) is 8.44. The van der Waals surface area contributed by atoms with E-state index in [9.17, 15) is 13.6 Å². The number of hydrogen-bond acceptors (Lipinski definition) is 8. The standard InChI is InChI=1S/C20H11ClF2N4O5/c21-15-9-13(29-14-5-6-25-12(7-14)10-24)2-3-16(15)27-32-19(28)26-11-1-4-17-18(8-11)31-20(22,23)30-17/h1-9,27H,(H,26,28). The zero-order valence-electron chi connectivity index (χ0n) is 15.8. The minimum absolute atomic E-state index is 0.140. The Bertz CT molecular complexity index is 1230. The van der Waals surface area contributed by atoms with Gasteiger partial charge in [0.15, 0.2) is 11.5 Å². The molecule has 32 heavy (non-hydrogen) atoms. The zero-order chi connectivity index (χ0) is 22.7. The predicted molar refractivity (Wildman–Crippen MR) is 107 cm³/mol. The number of alkyl halides is 2. The fraction of sp³-hybridized carbons (Fsp3) is 0.0500. The number of nitrogens with one attached hydrogen (secondary N) is 2. The van der Waals surface area contributed by atoms with Crippen molar-refractivity contribution in [3.8, 4) is 29.1 Å². The van der Waals surface area contributed by atoms with Gasteiger partial charge in [-0.25, -0.2) is 15.3 Å². The molecule has 1 aliphatic heterocycles. The first-order chi connectivity index (χ1) is 15.3. The highest BCUT2D eigenvalue weighted by Crippen LogP contribution is 2.42. The average Bonchev–Trinajstić information content (AvgIpc) is 3.06. The highest BCUT2D eigenvalue weighted by atomic mass is 35.5. The Morgan fingerprint density at radius 3 is 2.66 bits per heavy atom. The number of pyridine rings is 1. The molecular weight excluding hydrogens is 450 g/mol. The third kappa shape index (κ3) is 4.88. The fourth-order valence-corrected chi connectivity index (χ4v) is 2.79. The van der Waals surface area contributed by atoms with Crippen LogP contribution in [0.4, 0.5) is 25.0 Å². The van der Waals surface area contributed by atoms with E-state index in [2.05, 4.69) is 25.3 Å². The van der Waals surface area contributed by atoms with Crippen molar-refractivity contribution < 1.29 is 32.6 Å². The Labute approximate surface area is 184 Å². The Morgan fingerprint density at radius 1 is 1.09 bits per heavy atom. The molecule has 0 spiro atoms. The SMILES string of the molecule is N#Cc1cc(Oc2ccc(NOC(=O)Nc3ccc4c(c3)OC(F)(F)O4)c(Cl)c2)ccn1. The second-order valence-electron chi connectivity index (χ2n) is 6.18. The van der Waals surface area contributed by atoms with Crippen LogP contribution in [0.15, 0.2) is 54.7 Å². The number of aromatic nitrogens is 1. The van der Waals surface area contributed by atoms with Crippen molar-refractivity contribution >= 4 is 29.1 Å². The average molecular weight is 461 g/mol. The number of rotatable bonds is 5. The van der Waals surface area contributed by atoms with Gasteiger partial charge in [0.2, 0.25) is 0 Å². The van der Waals surface area contributed by atoms with Crippen molar-refractivity contribution in [2.24, 2.45) is 0 Å². The molecule has 0 saturated carbocycles. The molecular formula is C20H11ClF2N4O5. The summed E-state index contributed by atoms with van der Waals surface area (Å²) >= 11 is 6.17. The molecule has 2 heterocycles. The molecule has 12 heteroatoms. The lowest BCUT2D eigenvalue weighted by molar-refractivity contribution is -0.286. The van der Waals surface area contributed by atoms with Crippen molar-refractivity contribution in [2.45, 2.75) is 6.29 Å². The summed E-state index contributed by atoms with van der Waals surface area (Å²) < 4.78 is 40.3. The Morgan fingerprint density at radius 2 is 1.88 bits per heavy atom. The van der Waals surface area contributed by atoms with Gasteiger partial charge in [-0.05, 0) is 30.3 Å². The number of fused-ring (bicyclic) bond motifs is 1. The largest absolute Gasteiger partial charge is 0.586 e. The summed E-state index contributed by atoms with van der Waals surface area (Å²) in [5.41, 5.74) is 2.97. The van der Waals surface area contributed by atoms with E-state index in [-0.39, 0.29) is 33.6 Å². The molecule has 0 fully saturated rings. The summed E-state index contributed by atoms with van der Waals surface area (Å²) in [6.45, 7) is 0. The highest BCUT2D eigenvalue weighted by Gasteiger charge is 2.43. The third-order valence-corrected chi connectivity index (χ3v) is 4.24. The van der Waals surface area contributed by atoms with Gasteiger partial charge in [0.1, 0.15) is 23.3 Å². The molecule has 2 N–H and O–H groups in total. The van der Waals surface area contributed by atoms with E-state index in [1.54, 1.807) is 12.1 Å². The lowest BCUT2D eigenvalue weighted by Gasteiger charge is -2.11. The van der Waals surface area contributed by atoms with Crippen molar-refractivity contribution in [3.05, 3.63) is 65.4 Å². The van der Waals surface area contributed by atoms with Crippen molar-refractivity contribution in [1.82, 2.24) is 4.98 Å². The van der Waals surface area contributed by atoms with Crippen LogP contribution >= 0.6 is 11.6 Å². The molecule has 9 nitrogen and oxygen atoms in total. The number of halogens is 3. The van der Waals surface area contributed by atoms with E-state index in [0.29, 0.717) is 11.5 Å². The topological polar surface area (TPSA) is 115 Å². The number of amides is 1. The first-order valence-electron chi connectivity index (χ1n) is 8.78. The smallest absolute Gasteiger partial charge is 0.457 e. The summed E-state index contributed by atoms with van der Waals surface area (Å²) in [5, 5.41) is 11.4. The number of nitrogens with zero attached hydrogens (tertiary/aromatic N) is 2. The van der Waals surface area contributed by atoms with Gasteiger partial charge in [-0.15, -0.1) is 8.78 Å². The van der Waals surface area contributed by atoms with Crippen LogP contribution in [0.3, 0.4) is 0 Å². The molecule has 0 aliphatic carbocycles. The Balaban J connectivity index is 1.34. The maximum atomic E-state index is 13.1. The van der Waals surface area contributed by atoms with Crippen LogP contribution < -0.4 is 25.0 Å². The molecule has 1 aliphatic rings. The van der Waals surface area contributed by atoms with Gasteiger partial charge in [-0.3, -0.25) is 5.32 Å². The minimum atomic E-state index is -3.76. The number of ether oxygens (including phenoxy) is 3. The summed E-state index contributed by atoms with van der Waals surface area (Å²) in [4.78, 5) is 20.7. The third-order valence-electron chi connectivity index (χ3n) is 3.92. The number of carbonyl (C=O) groups is 1. The Kier molecular flexibility index (Phi) is 5.53. The summed E-state index contributed by atoms with van der Waals surface area (Å²) in [6, 6.07) is 13.2. The van der Waals surface area contributed by atoms with Crippen LogP contribution in [0.5, 0.6) is 23.0 Å². The van der Waals surface area contributed by atoms with Crippen LogP contribution in [-0.2, 0) is 4.84 Å². The predicted octanol–water partition coefficient (Wildman–Crippen LogP) is 5.30. The van der Waals surface area contributed by atoms with Gasteiger partial charge in [0.05, 0.1) is 10.7 Å². The molecule has 1 amide bonds. The van der Waals surface area contributed by atoms with Crippen LogP contribution in [0, 0.1) is 11.3 Å². The Hall–Kier alpha value is -4.30. The molecule has 4 rings (SSSR count). The molecule has 3 aromatic rings. The summed E-state index contributed by atoms with van der Waals surface area (Å²) in [7, 11) is 0. The quantitative estimate of drug-likeness (QED) is 0.493. The number of anilines is 2. The maximum absolute atomic E-state index is 13.1. The molecule has 2 aromatic carbocycles. The van der Waals surface area contributed by atoms with Crippen molar-refractivity contribution in [3.63, 3.8) is 0 Å². The lowest BCUT2D eigenvalue weighted by atomic mass is 10.3. The molecule has 162 valence electrons. The second-order valence-corrected chi connectivity index (χ2v) is 6.59. The normalized spacial score (nSPS) is 13.1. The number of nitriles is 1. The molecule has 0 unspecified atom stereocenters. The van der Waals surface area contributed by atoms with E-state index in [0.717, 1.165) is 6.07 Å². The van der Waals surface area contributed by atoms with E-state index in [1.165, 1.54) is 36.5 Å². The zero-order valence-corrected chi connectivity index (χ0v) is 16.5. The van der Waals surface area contributed by atoms with Gasteiger partial charge in [0, 0.05) is 30.1 Å². The van der Waals surface area contributed by atoms with Crippen LogP contribution in [0.2, 0.25) is 5.02 Å². The monoisotopic (exact) mass is 460 g/mol. The van der Waals surface area contributed by atoms with Crippen LogP contribution in [0.1, 0.15) is 5.69 Å². The number of carbonyl (C=O) groups excluding carboxylic acids is 1. The molecule has 0 radical (unpaired) electrons. The van der Waals surface area contributed by atoms with Crippen molar-refractivity contribution in [2.75, 3.05) is 10.8 Å². The fourth-order valence-electron chi connectivity index (χ4n) is 2.59. The number of hydrogen-bond donors (Lipinski definition) is 2. The van der Waals surface area contributed by atoms with E-state index in [4.69, 9.17) is 26.4 Å². The highest BCUT2D eigenvalue weighted by molar-refractivity contribution is 6.33. The molecule has 0 atom stereocenters. The van der Waals surface area contributed by atoms with E-state index < -0.39 is 12.4 Å². The maximum Gasteiger partial charge on any atom is 0.586 e. The van der Waals surface area contributed by atoms with Gasteiger partial charge < -0.3 is 19.0 Å². The van der Waals surface area contributed by atoms with Crippen LogP contribution in [0.25, 0.3) is 0 Å². The number of benzene rings is 2.